The number of hydrogen-bond acceptors (Lipinski definition) is 3. The summed E-state index contributed by atoms with van der Waals surface area (Å²) in [4.78, 5) is 12.5. The van der Waals surface area contributed by atoms with Crippen molar-refractivity contribution in [1.82, 2.24) is 0 Å². The van der Waals surface area contributed by atoms with Gasteiger partial charge in [-0.1, -0.05) is 6.07 Å². The van der Waals surface area contributed by atoms with Gasteiger partial charge < -0.3 is 14.8 Å². The minimum absolute atomic E-state index is 0.103. The van der Waals surface area contributed by atoms with Crippen molar-refractivity contribution in [3.8, 4) is 11.5 Å². The van der Waals surface area contributed by atoms with Gasteiger partial charge in [0.25, 0.3) is 0 Å². The maximum atomic E-state index is 13.7. The Morgan fingerprint density at radius 1 is 1.04 bits per heavy atom. The summed E-state index contributed by atoms with van der Waals surface area (Å²) in [5.74, 6) is -3.89. The van der Waals surface area contributed by atoms with Crippen LogP contribution in [-0.4, -0.2) is 12.7 Å². The molecular weight excluding hydrogens is 323 g/mol. The topological polar surface area (TPSA) is 47.6 Å². The average Bonchev–Trinajstić information content (AvgIpc) is 3.02. The van der Waals surface area contributed by atoms with Crippen LogP contribution in [0.4, 0.5) is 18.9 Å². The summed E-state index contributed by atoms with van der Waals surface area (Å²) < 4.78 is 50.5. The van der Waals surface area contributed by atoms with Crippen LogP contribution in [0.15, 0.2) is 30.3 Å². The number of hydrogen-bond donors (Lipinski definition) is 1. The Morgan fingerprint density at radius 3 is 2.50 bits per heavy atom. The number of anilines is 1. The number of carbonyl (C=O) groups is 1. The lowest BCUT2D eigenvalue weighted by atomic mass is 9.83. The Labute approximate surface area is 136 Å². The van der Waals surface area contributed by atoms with E-state index in [9.17, 15) is 18.0 Å². The van der Waals surface area contributed by atoms with Gasteiger partial charge in [-0.3, -0.25) is 4.79 Å². The highest BCUT2D eigenvalue weighted by molar-refractivity contribution is 5.98. The molecule has 0 aliphatic carbocycles. The predicted molar refractivity (Wildman–Crippen MR) is 80.5 cm³/mol. The van der Waals surface area contributed by atoms with Crippen molar-refractivity contribution < 1.29 is 27.4 Å². The maximum absolute atomic E-state index is 13.7. The Morgan fingerprint density at radius 2 is 1.75 bits per heavy atom. The minimum Gasteiger partial charge on any atom is -0.454 e. The van der Waals surface area contributed by atoms with E-state index in [1.54, 1.807) is 32.0 Å². The molecule has 0 bridgehead atoms. The zero-order chi connectivity index (χ0) is 17.5. The standard InChI is InChI=1S/C17H14F3NO3/c1-17(2,9-3-6-12-13(7-9)24-8-23-12)16(22)21-11-5-4-10(18)14(19)15(11)20/h3-7H,8H2,1-2H3,(H,21,22). The third kappa shape index (κ3) is 2.66. The largest absolute Gasteiger partial charge is 0.454 e. The fourth-order valence-corrected chi connectivity index (χ4v) is 2.32. The second kappa shape index (κ2) is 5.74. The van der Waals surface area contributed by atoms with Crippen LogP contribution in [0.1, 0.15) is 19.4 Å². The molecular formula is C17H14F3NO3. The molecule has 2 aromatic rings. The van der Waals surface area contributed by atoms with Gasteiger partial charge in [0.1, 0.15) is 0 Å². The lowest BCUT2D eigenvalue weighted by molar-refractivity contribution is -0.120. The molecule has 1 amide bonds. The maximum Gasteiger partial charge on any atom is 0.234 e. The summed E-state index contributed by atoms with van der Waals surface area (Å²) in [5, 5.41) is 2.29. The fourth-order valence-electron chi connectivity index (χ4n) is 2.32. The second-order valence-corrected chi connectivity index (χ2v) is 5.87. The molecule has 2 aromatic carbocycles. The van der Waals surface area contributed by atoms with Crippen molar-refractivity contribution in [3.05, 3.63) is 53.3 Å². The molecule has 24 heavy (non-hydrogen) atoms. The Hall–Kier alpha value is -2.70. The molecule has 0 saturated carbocycles. The second-order valence-electron chi connectivity index (χ2n) is 5.87. The Balaban J connectivity index is 1.87. The van der Waals surface area contributed by atoms with E-state index in [2.05, 4.69) is 5.32 Å². The number of rotatable bonds is 3. The molecule has 0 unspecified atom stereocenters. The molecule has 1 aliphatic rings. The highest BCUT2D eigenvalue weighted by atomic mass is 19.2. The number of amides is 1. The first-order valence-electron chi connectivity index (χ1n) is 7.16. The molecule has 126 valence electrons. The van der Waals surface area contributed by atoms with Crippen LogP contribution in [0.3, 0.4) is 0 Å². The highest BCUT2D eigenvalue weighted by Crippen LogP contribution is 2.37. The summed E-state index contributed by atoms with van der Waals surface area (Å²) in [5.41, 5.74) is -0.891. The SMILES string of the molecule is CC(C)(C(=O)Nc1ccc(F)c(F)c1F)c1ccc2c(c1)OCO2. The zero-order valence-electron chi connectivity index (χ0n) is 13.0. The van der Waals surface area contributed by atoms with E-state index in [1.807, 2.05) is 0 Å². The van der Waals surface area contributed by atoms with E-state index in [0.717, 1.165) is 12.1 Å². The molecule has 7 heteroatoms. The number of carbonyl (C=O) groups excluding carboxylic acids is 1. The predicted octanol–water partition coefficient (Wildman–Crippen LogP) is 3.75. The third-order valence-corrected chi connectivity index (χ3v) is 3.95. The van der Waals surface area contributed by atoms with Crippen molar-refractivity contribution in [3.63, 3.8) is 0 Å². The zero-order valence-corrected chi connectivity index (χ0v) is 13.0. The van der Waals surface area contributed by atoms with Crippen LogP contribution in [-0.2, 0) is 10.2 Å². The van der Waals surface area contributed by atoms with Crippen molar-refractivity contribution in [2.45, 2.75) is 19.3 Å². The first-order valence-corrected chi connectivity index (χ1v) is 7.16. The van der Waals surface area contributed by atoms with Crippen LogP contribution in [0, 0.1) is 17.5 Å². The number of halogens is 3. The molecule has 1 aliphatic heterocycles. The molecule has 4 nitrogen and oxygen atoms in total. The molecule has 0 aromatic heterocycles. The van der Waals surface area contributed by atoms with Crippen LogP contribution in [0.2, 0.25) is 0 Å². The van der Waals surface area contributed by atoms with E-state index in [4.69, 9.17) is 9.47 Å². The van der Waals surface area contributed by atoms with Crippen molar-refractivity contribution in [2.75, 3.05) is 12.1 Å². The third-order valence-electron chi connectivity index (χ3n) is 3.95. The molecule has 3 rings (SSSR count). The van der Waals surface area contributed by atoms with E-state index in [0.29, 0.717) is 17.1 Å². The van der Waals surface area contributed by atoms with E-state index >= 15 is 0 Å². The molecule has 0 spiro atoms. The van der Waals surface area contributed by atoms with Gasteiger partial charge in [-0.15, -0.1) is 0 Å². The van der Waals surface area contributed by atoms with Gasteiger partial charge in [0.05, 0.1) is 11.1 Å². The lowest BCUT2D eigenvalue weighted by Gasteiger charge is -2.24. The molecule has 1 N–H and O–H groups in total. The smallest absolute Gasteiger partial charge is 0.234 e. The number of benzene rings is 2. The van der Waals surface area contributed by atoms with Crippen LogP contribution in [0.5, 0.6) is 11.5 Å². The summed E-state index contributed by atoms with van der Waals surface area (Å²) in [6.07, 6.45) is 0. The van der Waals surface area contributed by atoms with Crippen LogP contribution < -0.4 is 14.8 Å². The average molecular weight is 337 g/mol. The monoisotopic (exact) mass is 337 g/mol. The number of ether oxygens (including phenoxy) is 2. The Bertz CT molecular complexity index is 821. The molecule has 1 heterocycles. The minimum atomic E-state index is -1.63. The Kier molecular flexibility index (Phi) is 3.87. The van der Waals surface area contributed by atoms with Crippen molar-refractivity contribution in [1.29, 1.82) is 0 Å². The van der Waals surface area contributed by atoms with Crippen LogP contribution >= 0.6 is 0 Å². The van der Waals surface area contributed by atoms with Gasteiger partial charge in [0, 0.05) is 0 Å². The quantitative estimate of drug-likeness (QED) is 0.868. The van der Waals surface area contributed by atoms with Crippen molar-refractivity contribution in [2.24, 2.45) is 0 Å². The molecule has 0 radical (unpaired) electrons. The van der Waals surface area contributed by atoms with Gasteiger partial charge in [0.2, 0.25) is 12.7 Å². The summed E-state index contributed by atoms with van der Waals surface area (Å²) in [6, 6.07) is 6.74. The summed E-state index contributed by atoms with van der Waals surface area (Å²) in [6.45, 7) is 3.35. The first kappa shape index (κ1) is 16.2. The summed E-state index contributed by atoms with van der Waals surface area (Å²) in [7, 11) is 0. The van der Waals surface area contributed by atoms with Gasteiger partial charge in [-0.2, -0.15) is 0 Å². The van der Waals surface area contributed by atoms with Gasteiger partial charge in [-0.05, 0) is 43.7 Å². The van der Waals surface area contributed by atoms with E-state index < -0.39 is 34.5 Å². The number of nitrogens with one attached hydrogen (secondary N) is 1. The highest BCUT2D eigenvalue weighted by Gasteiger charge is 2.32. The van der Waals surface area contributed by atoms with Crippen molar-refractivity contribution >= 4 is 11.6 Å². The first-order chi connectivity index (χ1) is 11.3. The van der Waals surface area contributed by atoms with Gasteiger partial charge in [0.15, 0.2) is 29.0 Å². The fraction of sp³-hybridized carbons (Fsp3) is 0.235. The van der Waals surface area contributed by atoms with E-state index in [1.165, 1.54) is 0 Å². The normalized spacial score (nSPS) is 13.0. The summed E-state index contributed by atoms with van der Waals surface area (Å²) >= 11 is 0. The van der Waals surface area contributed by atoms with Crippen LogP contribution in [0.25, 0.3) is 0 Å². The lowest BCUT2D eigenvalue weighted by Crippen LogP contribution is -2.35. The van der Waals surface area contributed by atoms with E-state index in [-0.39, 0.29) is 6.79 Å². The molecule has 0 atom stereocenters. The molecule has 0 saturated heterocycles. The molecule has 0 fully saturated rings. The van der Waals surface area contributed by atoms with Gasteiger partial charge >= 0.3 is 0 Å². The van der Waals surface area contributed by atoms with Gasteiger partial charge in [-0.25, -0.2) is 13.2 Å². The number of fused-ring (bicyclic) bond motifs is 1.